The topological polar surface area (TPSA) is 59.9 Å². The fourth-order valence-electron chi connectivity index (χ4n) is 3.57. The summed E-state index contributed by atoms with van der Waals surface area (Å²) < 4.78 is 0. The molecule has 3 rings (SSSR count). The van der Waals surface area contributed by atoms with Crippen molar-refractivity contribution < 1.29 is 0 Å². The van der Waals surface area contributed by atoms with Crippen LogP contribution in [-0.2, 0) is 13.0 Å². The van der Waals surface area contributed by atoms with Crippen LogP contribution in [0.3, 0.4) is 0 Å². The van der Waals surface area contributed by atoms with E-state index in [0.717, 1.165) is 64.1 Å². The quantitative estimate of drug-likeness (QED) is 0.571. The van der Waals surface area contributed by atoms with Gasteiger partial charge in [-0.1, -0.05) is 31.2 Å². The smallest absolute Gasteiger partial charge is 0.225 e. The van der Waals surface area contributed by atoms with Crippen molar-refractivity contribution in [1.29, 1.82) is 0 Å². The summed E-state index contributed by atoms with van der Waals surface area (Å²) in [6.07, 6.45) is 4.68. The second kappa shape index (κ2) is 10.8. The Morgan fingerprint density at radius 2 is 1.72 bits per heavy atom. The zero-order valence-electron chi connectivity index (χ0n) is 17.9. The van der Waals surface area contributed by atoms with Crippen LogP contribution in [0.4, 0.5) is 5.95 Å². The summed E-state index contributed by atoms with van der Waals surface area (Å²) in [4.78, 5) is 20.0. The van der Waals surface area contributed by atoms with E-state index in [-0.39, 0.29) is 0 Å². The van der Waals surface area contributed by atoms with Crippen LogP contribution >= 0.6 is 0 Å². The SMILES string of the molecule is CCc1ccc(CN(C)C(=NC)NCCN2CCN(c3ncccn3)CC2)cc1. The number of benzene rings is 1. The van der Waals surface area contributed by atoms with Crippen molar-refractivity contribution in [2.45, 2.75) is 19.9 Å². The number of piperazine rings is 1. The Balaban J connectivity index is 1.39. The van der Waals surface area contributed by atoms with E-state index in [2.05, 4.69) is 73.2 Å². The molecular weight excluding hydrogens is 362 g/mol. The largest absolute Gasteiger partial charge is 0.355 e. The van der Waals surface area contributed by atoms with E-state index < -0.39 is 0 Å². The summed E-state index contributed by atoms with van der Waals surface area (Å²) in [6, 6.07) is 10.7. The van der Waals surface area contributed by atoms with Gasteiger partial charge in [0.15, 0.2) is 5.96 Å². The predicted molar refractivity (Wildman–Crippen MR) is 119 cm³/mol. The van der Waals surface area contributed by atoms with Crippen molar-refractivity contribution in [1.82, 2.24) is 25.1 Å². The Morgan fingerprint density at radius 3 is 2.34 bits per heavy atom. The van der Waals surface area contributed by atoms with E-state index in [9.17, 15) is 0 Å². The summed E-state index contributed by atoms with van der Waals surface area (Å²) in [5.41, 5.74) is 2.67. The molecule has 0 aliphatic carbocycles. The van der Waals surface area contributed by atoms with Crippen LogP contribution in [0.15, 0.2) is 47.7 Å². The average molecular weight is 396 g/mol. The Bertz CT molecular complexity index is 752. The summed E-state index contributed by atoms with van der Waals surface area (Å²) in [5.74, 6) is 1.76. The molecule has 29 heavy (non-hydrogen) atoms. The minimum absolute atomic E-state index is 0.833. The summed E-state index contributed by atoms with van der Waals surface area (Å²) in [7, 11) is 3.93. The zero-order chi connectivity index (χ0) is 20.5. The molecule has 0 bridgehead atoms. The first kappa shape index (κ1) is 21.0. The number of rotatable bonds is 7. The van der Waals surface area contributed by atoms with Crippen LogP contribution in [0.1, 0.15) is 18.1 Å². The number of nitrogens with one attached hydrogen (secondary N) is 1. The summed E-state index contributed by atoms with van der Waals surface area (Å²) >= 11 is 0. The van der Waals surface area contributed by atoms with Gasteiger partial charge in [0.05, 0.1) is 0 Å². The third-order valence-corrected chi connectivity index (χ3v) is 5.34. The summed E-state index contributed by atoms with van der Waals surface area (Å²) in [6.45, 7) is 8.89. The van der Waals surface area contributed by atoms with E-state index in [1.54, 1.807) is 12.4 Å². The first-order valence-corrected chi connectivity index (χ1v) is 10.4. The van der Waals surface area contributed by atoms with Crippen molar-refractivity contribution in [3.05, 3.63) is 53.9 Å². The van der Waals surface area contributed by atoms with Gasteiger partial charge in [0.1, 0.15) is 0 Å². The molecule has 7 heteroatoms. The monoisotopic (exact) mass is 395 g/mol. The second-order valence-corrected chi connectivity index (χ2v) is 7.38. The third kappa shape index (κ3) is 6.15. The minimum atomic E-state index is 0.833. The lowest BCUT2D eigenvalue weighted by molar-refractivity contribution is 0.259. The molecule has 1 saturated heterocycles. The Morgan fingerprint density at radius 1 is 1.07 bits per heavy atom. The Labute approximate surface area is 174 Å². The van der Waals surface area contributed by atoms with Gasteiger partial charge in [-0.25, -0.2) is 9.97 Å². The molecule has 0 amide bonds. The second-order valence-electron chi connectivity index (χ2n) is 7.38. The molecular formula is C22H33N7. The van der Waals surface area contributed by atoms with Crippen molar-refractivity contribution in [3.8, 4) is 0 Å². The number of guanidine groups is 1. The molecule has 0 radical (unpaired) electrons. The van der Waals surface area contributed by atoms with Crippen LogP contribution in [0.5, 0.6) is 0 Å². The van der Waals surface area contributed by atoms with E-state index in [4.69, 9.17) is 0 Å². The van der Waals surface area contributed by atoms with Gasteiger partial charge in [-0.3, -0.25) is 9.89 Å². The maximum Gasteiger partial charge on any atom is 0.225 e. The average Bonchev–Trinajstić information content (AvgIpc) is 2.78. The van der Waals surface area contributed by atoms with Crippen LogP contribution in [-0.4, -0.2) is 79.1 Å². The van der Waals surface area contributed by atoms with Gasteiger partial charge in [-0.2, -0.15) is 0 Å². The lowest BCUT2D eigenvalue weighted by Crippen LogP contribution is -2.49. The molecule has 0 atom stereocenters. The highest BCUT2D eigenvalue weighted by molar-refractivity contribution is 5.79. The molecule has 2 aromatic rings. The lowest BCUT2D eigenvalue weighted by Gasteiger charge is -2.34. The molecule has 1 aromatic carbocycles. The third-order valence-electron chi connectivity index (χ3n) is 5.34. The molecule has 1 aromatic heterocycles. The van der Waals surface area contributed by atoms with Crippen molar-refractivity contribution in [2.75, 3.05) is 58.3 Å². The van der Waals surface area contributed by atoms with Gasteiger partial charge < -0.3 is 15.1 Å². The van der Waals surface area contributed by atoms with Crippen molar-refractivity contribution in [3.63, 3.8) is 0 Å². The summed E-state index contributed by atoms with van der Waals surface area (Å²) in [5, 5.41) is 3.50. The number of hydrogen-bond donors (Lipinski definition) is 1. The van der Waals surface area contributed by atoms with Crippen LogP contribution < -0.4 is 10.2 Å². The molecule has 2 heterocycles. The highest BCUT2D eigenvalue weighted by Crippen LogP contribution is 2.09. The van der Waals surface area contributed by atoms with Gasteiger partial charge in [0.2, 0.25) is 5.95 Å². The fourth-order valence-corrected chi connectivity index (χ4v) is 3.57. The van der Waals surface area contributed by atoms with Crippen molar-refractivity contribution in [2.24, 2.45) is 4.99 Å². The molecule has 1 aliphatic rings. The van der Waals surface area contributed by atoms with Crippen LogP contribution in [0, 0.1) is 0 Å². The molecule has 156 valence electrons. The number of nitrogens with zero attached hydrogens (tertiary/aromatic N) is 6. The molecule has 0 spiro atoms. The Hall–Kier alpha value is -2.67. The molecule has 1 fully saturated rings. The maximum atomic E-state index is 4.44. The first-order chi connectivity index (χ1) is 14.2. The number of hydrogen-bond acceptors (Lipinski definition) is 5. The Kier molecular flexibility index (Phi) is 7.81. The van der Waals surface area contributed by atoms with Crippen LogP contribution in [0.2, 0.25) is 0 Å². The molecule has 0 saturated carbocycles. The maximum absolute atomic E-state index is 4.44. The number of aromatic nitrogens is 2. The van der Waals surface area contributed by atoms with Gasteiger partial charge in [0, 0.05) is 72.3 Å². The highest BCUT2D eigenvalue weighted by Gasteiger charge is 2.18. The van der Waals surface area contributed by atoms with E-state index in [1.807, 2.05) is 13.1 Å². The predicted octanol–water partition coefficient (Wildman–Crippen LogP) is 1.87. The van der Waals surface area contributed by atoms with Gasteiger partial charge in [-0.05, 0) is 23.6 Å². The number of aliphatic imine (C=N–C) groups is 1. The molecule has 0 unspecified atom stereocenters. The van der Waals surface area contributed by atoms with Gasteiger partial charge in [-0.15, -0.1) is 0 Å². The lowest BCUT2D eigenvalue weighted by atomic mass is 10.1. The normalized spacial score (nSPS) is 15.4. The molecule has 1 N–H and O–H groups in total. The highest BCUT2D eigenvalue weighted by atomic mass is 15.3. The van der Waals surface area contributed by atoms with Crippen LogP contribution in [0.25, 0.3) is 0 Å². The minimum Gasteiger partial charge on any atom is -0.355 e. The van der Waals surface area contributed by atoms with Crippen molar-refractivity contribution >= 4 is 11.9 Å². The van der Waals surface area contributed by atoms with E-state index in [1.165, 1.54) is 11.1 Å². The van der Waals surface area contributed by atoms with Gasteiger partial charge in [0.25, 0.3) is 0 Å². The van der Waals surface area contributed by atoms with E-state index >= 15 is 0 Å². The first-order valence-electron chi connectivity index (χ1n) is 10.4. The number of anilines is 1. The van der Waals surface area contributed by atoms with Gasteiger partial charge >= 0.3 is 0 Å². The van der Waals surface area contributed by atoms with E-state index in [0.29, 0.717) is 0 Å². The zero-order valence-corrected chi connectivity index (χ0v) is 17.9. The standard InChI is InChI=1S/C22H33N7/c1-4-19-6-8-20(9-7-19)18-27(3)21(23-2)26-12-13-28-14-16-29(17-15-28)22-24-10-5-11-25-22/h5-11H,4,12-18H2,1-3H3,(H,23,26). The fraction of sp³-hybridized carbons (Fsp3) is 0.500. The number of aryl methyl sites for hydroxylation is 1. The molecule has 1 aliphatic heterocycles. The molecule has 7 nitrogen and oxygen atoms in total.